The van der Waals surface area contributed by atoms with E-state index in [0.29, 0.717) is 0 Å². The molecule has 1 aromatic rings. The van der Waals surface area contributed by atoms with Crippen molar-refractivity contribution < 1.29 is 29.6 Å². The summed E-state index contributed by atoms with van der Waals surface area (Å²) in [5, 5.41) is 32.1. The number of nitrogens with one attached hydrogen (secondary N) is 2. The molecule has 1 amide bonds. The van der Waals surface area contributed by atoms with Crippen molar-refractivity contribution in [3.63, 3.8) is 0 Å². The number of H-pyrrole nitrogens is 1. The molecule has 1 aromatic heterocycles. The molecule has 7 N–H and O–H groups in total. The van der Waals surface area contributed by atoms with Gasteiger partial charge in [-0.2, -0.15) is 0 Å². The lowest BCUT2D eigenvalue weighted by Gasteiger charge is -2.25. The largest absolute Gasteiger partial charge is 0.480 e. The summed E-state index contributed by atoms with van der Waals surface area (Å²) < 4.78 is 6.16. The van der Waals surface area contributed by atoms with Gasteiger partial charge in [-0.15, -0.1) is 6.58 Å². The normalized spacial score (nSPS) is 27.6. The number of aromatic nitrogens is 2. The van der Waals surface area contributed by atoms with Gasteiger partial charge in [-0.25, -0.2) is 9.59 Å². The maximum absolute atomic E-state index is 12.2. The maximum Gasteiger partial charge on any atom is 0.330 e. The molecule has 1 aliphatic rings. The first-order chi connectivity index (χ1) is 13.1. The molecule has 1 unspecified atom stereocenters. The number of rotatable bonds is 7. The molecule has 0 radical (unpaired) electrons. The Morgan fingerprint density at radius 2 is 2.04 bits per heavy atom. The van der Waals surface area contributed by atoms with E-state index in [2.05, 4.69) is 11.9 Å². The van der Waals surface area contributed by atoms with Crippen molar-refractivity contribution in [3.8, 4) is 0 Å². The molecule has 28 heavy (non-hydrogen) atoms. The van der Waals surface area contributed by atoms with Crippen molar-refractivity contribution in [2.24, 2.45) is 11.7 Å². The smallest absolute Gasteiger partial charge is 0.330 e. The highest BCUT2D eigenvalue weighted by atomic mass is 16.6. The maximum atomic E-state index is 12.2. The molecule has 12 heteroatoms. The number of nitrogens with zero attached hydrogens (tertiary/aromatic N) is 1. The van der Waals surface area contributed by atoms with E-state index in [1.807, 2.05) is 4.98 Å². The predicted molar refractivity (Wildman–Crippen MR) is 94.1 cm³/mol. The van der Waals surface area contributed by atoms with Crippen LogP contribution in [-0.4, -0.2) is 67.1 Å². The zero-order valence-electron chi connectivity index (χ0n) is 14.9. The summed E-state index contributed by atoms with van der Waals surface area (Å²) in [5.41, 5.74) is 4.11. The fourth-order valence-corrected chi connectivity index (χ4v) is 2.74. The van der Waals surface area contributed by atoms with Gasteiger partial charge in [0.2, 0.25) is 5.91 Å². The first-order valence-corrected chi connectivity index (χ1v) is 8.32. The third-order valence-corrected chi connectivity index (χ3v) is 4.53. The summed E-state index contributed by atoms with van der Waals surface area (Å²) in [6.07, 6.45) is -4.08. The molecule has 0 spiro atoms. The van der Waals surface area contributed by atoms with Crippen molar-refractivity contribution >= 4 is 11.9 Å². The molecule has 0 aromatic carbocycles. The highest BCUT2D eigenvalue weighted by molar-refractivity contribution is 5.87. The molecular formula is C16H22N4O8. The second kappa shape index (κ2) is 8.48. The lowest BCUT2D eigenvalue weighted by atomic mass is 10.00. The molecule has 154 valence electrons. The summed E-state index contributed by atoms with van der Waals surface area (Å²) in [4.78, 5) is 48.8. The Kier molecular flexibility index (Phi) is 6.51. The lowest BCUT2D eigenvalue weighted by Crippen LogP contribution is -2.57. The Labute approximate surface area is 158 Å². The quantitative estimate of drug-likeness (QED) is 0.257. The molecule has 1 fully saturated rings. The number of carboxylic acids is 1. The van der Waals surface area contributed by atoms with E-state index >= 15 is 0 Å². The molecule has 1 saturated heterocycles. The molecule has 0 aliphatic carbocycles. The average molecular weight is 398 g/mol. The van der Waals surface area contributed by atoms with Crippen LogP contribution in [0.15, 0.2) is 34.5 Å². The van der Waals surface area contributed by atoms with Gasteiger partial charge >= 0.3 is 11.7 Å². The van der Waals surface area contributed by atoms with Gasteiger partial charge in [0.1, 0.15) is 18.3 Å². The highest BCUT2D eigenvalue weighted by Gasteiger charge is 2.50. The van der Waals surface area contributed by atoms with Crippen molar-refractivity contribution in [1.29, 1.82) is 0 Å². The van der Waals surface area contributed by atoms with Gasteiger partial charge in [0.25, 0.3) is 5.56 Å². The zero-order valence-corrected chi connectivity index (χ0v) is 14.9. The average Bonchev–Trinajstić information content (AvgIpc) is 2.93. The van der Waals surface area contributed by atoms with Crippen LogP contribution in [0.25, 0.3) is 0 Å². The van der Waals surface area contributed by atoms with Crippen LogP contribution in [0.1, 0.15) is 13.2 Å². The molecular weight excluding hydrogens is 376 g/mol. The molecule has 2 rings (SSSR count). The first-order valence-electron chi connectivity index (χ1n) is 8.32. The number of aliphatic hydroxyl groups is 2. The van der Waals surface area contributed by atoms with Gasteiger partial charge in [-0.1, -0.05) is 13.0 Å². The second-order valence-electron chi connectivity index (χ2n) is 6.43. The Morgan fingerprint density at radius 1 is 1.39 bits per heavy atom. The number of ether oxygens (including phenoxy) is 1. The van der Waals surface area contributed by atoms with Gasteiger partial charge in [-0.3, -0.25) is 19.1 Å². The van der Waals surface area contributed by atoms with E-state index in [0.717, 1.165) is 16.8 Å². The predicted octanol–water partition coefficient (Wildman–Crippen LogP) is -3.13. The Balaban J connectivity index is 2.27. The number of carboxylic acid groups (broad SMARTS) is 1. The van der Waals surface area contributed by atoms with E-state index < -0.39 is 65.7 Å². The van der Waals surface area contributed by atoms with E-state index in [1.54, 1.807) is 6.92 Å². The van der Waals surface area contributed by atoms with E-state index in [9.17, 15) is 34.5 Å². The molecule has 0 saturated carbocycles. The van der Waals surface area contributed by atoms with Crippen molar-refractivity contribution in [2.45, 2.75) is 43.5 Å². The third-order valence-electron chi connectivity index (χ3n) is 4.53. The summed E-state index contributed by atoms with van der Waals surface area (Å²) in [6.45, 7) is 5.11. The minimum Gasteiger partial charge on any atom is -0.480 e. The monoisotopic (exact) mass is 398 g/mol. The van der Waals surface area contributed by atoms with Crippen LogP contribution in [0, 0.1) is 5.92 Å². The SMILES string of the molecule is C=C[C@@H](C)C(N)C(=O)N[C@H](C(=O)O)[C@H]1O[C@@H](n2ccc(=O)[nH]c2=O)[C@H](O)[C@@H]1O. The van der Waals surface area contributed by atoms with Crippen LogP contribution in [0.2, 0.25) is 0 Å². The number of hydrogen-bond donors (Lipinski definition) is 6. The van der Waals surface area contributed by atoms with E-state index in [-0.39, 0.29) is 0 Å². The number of carbonyl (C=O) groups excluding carboxylic acids is 1. The van der Waals surface area contributed by atoms with Gasteiger partial charge < -0.3 is 31.1 Å². The fraction of sp³-hybridized carbons (Fsp3) is 0.500. The standard InChI is InChI=1S/C16H22N4O8/c1-3-6(2)8(17)13(24)19-9(15(25)26)12-10(22)11(23)14(28-12)20-5-4-7(21)18-16(20)27/h3-6,8-12,14,22-23H,1,17H2,2H3,(H,19,24)(H,25,26)(H,18,21,27)/t6-,8?,9+,10+,11-,12-,14-/m1/s1. The summed E-state index contributed by atoms with van der Waals surface area (Å²) in [6, 6.07) is -1.87. The molecule has 1 aliphatic heterocycles. The number of carbonyl (C=O) groups is 2. The van der Waals surface area contributed by atoms with Gasteiger partial charge in [0, 0.05) is 12.3 Å². The fourth-order valence-electron chi connectivity index (χ4n) is 2.74. The summed E-state index contributed by atoms with van der Waals surface area (Å²) in [7, 11) is 0. The first kappa shape index (κ1) is 21.5. The van der Waals surface area contributed by atoms with Crippen LogP contribution in [0.4, 0.5) is 0 Å². The van der Waals surface area contributed by atoms with Crippen molar-refractivity contribution in [3.05, 3.63) is 45.8 Å². The van der Waals surface area contributed by atoms with Crippen LogP contribution in [0.5, 0.6) is 0 Å². The summed E-state index contributed by atoms with van der Waals surface area (Å²) in [5.74, 6) is -2.82. The van der Waals surface area contributed by atoms with Crippen molar-refractivity contribution in [1.82, 2.24) is 14.9 Å². The Bertz CT molecular complexity index is 865. The zero-order chi connectivity index (χ0) is 21.2. The molecule has 0 bridgehead atoms. The second-order valence-corrected chi connectivity index (χ2v) is 6.43. The minimum atomic E-state index is -1.76. The van der Waals surface area contributed by atoms with Gasteiger partial charge in [0.15, 0.2) is 12.3 Å². The Morgan fingerprint density at radius 3 is 2.57 bits per heavy atom. The molecule has 2 heterocycles. The van der Waals surface area contributed by atoms with Gasteiger partial charge in [-0.05, 0) is 5.92 Å². The third kappa shape index (κ3) is 4.20. The topological polar surface area (TPSA) is 197 Å². The summed E-state index contributed by atoms with van der Waals surface area (Å²) >= 11 is 0. The van der Waals surface area contributed by atoms with Gasteiger partial charge in [0.05, 0.1) is 6.04 Å². The van der Waals surface area contributed by atoms with Crippen molar-refractivity contribution in [2.75, 3.05) is 0 Å². The number of nitrogens with two attached hydrogens (primary N) is 1. The number of aromatic amines is 1. The number of hydrogen-bond acceptors (Lipinski definition) is 8. The van der Waals surface area contributed by atoms with Crippen LogP contribution < -0.4 is 22.3 Å². The van der Waals surface area contributed by atoms with Crippen LogP contribution in [-0.2, 0) is 14.3 Å². The molecule has 7 atom stereocenters. The van der Waals surface area contributed by atoms with E-state index in [4.69, 9.17) is 10.5 Å². The molecule has 12 nitrogen and oxygen atoms in total. The lowest BCUT2D eigenvalue weighted by molar-refractivity contribution is -0.149. The Hall–Kier alpha value is -2.80. The number of aliphatic carboxylic acids is 1. The number of aliphatic hydroxyl groups excluding tert-OH is 2. The highest BCUT2D eigenvalue weighted by Crippen LogP contribution is 2.30. The van der Waals surface area contributed by atoms with Crippen LogP contribution >= 0.6 is 0 Å². The van der Waals surface area contributed by atoms with Crippen LogP contribution in [0.3, 0.4) is 0 Å². The minimum absolute atomic E-state index is 0.457. The number of amides is 1. The van der Waals surface area contributed by atoms with E-state index in [1.165, 1.54) is 6.08 Å².